The summed E-state index contributed by atoms with van der Waals surface area (Å²) in [5, 5.41) is 21.4. The molecule has 0 radical (unpaired) electrons. The van der Waals surface area contributed by atoms with E-state index in [4.69, 9.17) is 0 Å². The number of unbranched alkanes of at least 4 members (excludes halogenated alkanes) is 6. The Balaban J connectivity index is 2.20. The van der Waals surface area contributed by atoms with Gasteiger partial charge in [0.05, 0.1) is 0 Å². The molecule has 4 nitrogen and oxygen atoms in total. The molecule has 0 heterocycles. The maximum atomic E-state index is 10.9. The van der Waals surface area contributed by atoms with Crippen molar-refractivity contribution >= 4 is 25.1 Å². The first-order chi connectivity index (χ1) is 11.6. The Labute approximate surface area is 151 Å². The number of benzene rings is 1. The minimum atomic E-state index is -0.567. The summed E-state index contributed by atoms with van der Waals surface area (Å²) < 4.78 is 0.755. The van der Waals surface area contributed by atoms with Gasteiger partial charge < -0.3 is 0 Å². The van der Waals surface area contributed by atoms with Crippen LogP contribution in [0.2, 0.25) is 5.32 Å². The normalized spacial score (nSPS) is 11.6. The molecule has 0 fully saturated rings. The van der Waals surface area contributed by atoms with Crippen molar-refractivity contribution in [2.45, 2.75) is 69.7 Å². The number of aliphatic hydroxyl groups excluding tert-OH is 1. The van der Waals surface area contributed by atoms with Crippen LogP contribution in [-0.2, 0) is 0 Å². The number of rotatable bonds is 11. The zero-order valence-electron chi connectivity index (χ0n) is 14.4. The summed E-state index contributed by atoms with van der Waals surface area (Å²) in [5.41, 5.74) is 0.169. The van der Waals surface area contributed by atoms with Crippen molar-refractivity contribution in [2.75, 3.05) is 0 Å². The SMILES string of the molecule is CCCCCCCCCC(O)C#CC[Se]c1ccccc1[N+](=O)[O-]. The molecule has 5 heteroatoms. The van der Waals surface area contributed by atoms with E-state index in [1.807, 2.05) is 6.07 Å². The Morgan fingerprint density at radius 1 is 1.17 bits per heavy atom. The maximum absolute atomic E-state index is 10.9. The predicted molar refractivity (Wildman–Crippen MR) is 99.7 cm³/mol. The summed E-state index contributed by atoms with van der Waals surface area (Å²) >= 11 is -0.0599. The molecule has 0 saturated carbocycles. The zero-order chi connectivity index (χ0) is 17.6. The molecule has 1 aromatic rings. The standard InChI is InChI=1S/C19H27NO3Se/c1-2-3-4-5-6-7-8-12-17(21)13-11-16-24-19-15-10-9-14-18(19)20(22)23/h9-10,14-15,17,21H,2-8,12,16H2,1H3. The molecule has 24 heavy (non-hydrogen) atoms. The first-order valence-electron chi connectivity index (χ1n) is 8.67. The van der Waals surface area contributed by atoms with Crippen LogP contribution in [-0.4, -0.2) is 31.1 Å². The fraction of sp³-hybridized carbons (Fsp3) is 0.579. The molecule has 0 aromatic heterocycles. The van der Waals surface area contributed by atoms with Crippen molar-refractivity contribution < 1.29 is 10.0 Å². The van der Waals surface area contributed by atoms with Crippen LogP contribution in [0.25, 0.3) is 0 Å². The van der Waals surface area contributed by atoms with E-state index in [1.54, 1.807) is 12.1 Å². The first kappa shape index (κ1) is 20.7. The van der Waals surface area contributed by atoms with Gasteiger partial charge in [0.1, 0.15) is 0 Å². The molecular weight excluding hydrogens is 369 g/mol. The van der Waals surface area contributed by atoms with E-state index in [2.05, 4.69) is 18.8 Å². The first-order valence-corrected chi connectivity index (χ1v) is 10.7. The van der Waals surface area contributed by atoms with Crippen molar-refractivity contribution in [3.8, 4) is 11.8 Å². The quantitative estimate of drug-likeness (QED) is 0.203. The van der Waals surface area contributed by atoms with Gasteiger partial charge in [0.25, 0.3) is 0 Å². The molecule has 0 aliphatic heterocycles. The molecule has 0 saturated heterocycles. The van der Waals surface area contributed by atoms with E-state index in [0.717, 1.165) is 23.7 Å². The summed E-state index contributed by atoms with van der Waals surface area (Å²) in [7, 11) is 0. The molecule has 1 unspecified atom stereocenters. The number of nitrogens with zero attached hydrogens (tertiary/aromatic N) is 1. The topological polar surface area (TPSA) is 63.4 Å². The second-order valence-electron chi connectivity index (χ2n) is 5.76. The van der Waals surface area contributed by atoms with Crippen molar-refractivity contribution in [2.24, 2.45) is 0 Å². The molecule has 0 bridgehead atoms. The van der Waals surface area contributed by atoms with E-state index in [-0.39, 0.29) is 25.6 Å². The average Bonchev–Trinajstić information content (AvgIpc) is 2.58. The number of hydrogen-bond donors (Lipinski definition) is 1. The zero-order valence-corrected chi connectivity index (χ0v) is 16.1. The van der Waals surface area contributed by atoms with Crippen molar-refractivity contribution in [3.05, 3.63) is 34.4 Å². The number of nitro benzene ring substituents is 1. The fourth-order valence-electron chi connectivity index (χ4n) is 2.37. The molecule has 0 aliphatic rings. The number of para-hydroxylation sites is 1. The van der Waals surface area contributed by atoms with Crippen molar-refractivity contribution in [1.29, 1.82) is 0 Å². The molecular formula is C19H27NO3Se. The molecule has 0 aliphatic carbocycles. The van der Waals surface area contributed by atoms with E-state index < -0.39 is 6.10 Å². The summed E-state index contributed by atoms with van der Waals surface area (Å²) in [6.45, 7) is 2.21. The van der Waals surface area contributed by atoms with Crippen LogP contribution in [0.3, 0.4) is 0 Å². The molecule has 0 amide bonds. The Kier molecular flexibility index (Phi) is 11.2. The average molecular weight is 396 g/mol. The summed E-state index contributed by atoms with van der Waals surface area (Å²) in [6, 6.07) is 6.80. The third-order valence-electron chi connectivity index (χ3n) is 3.71. The van der Waals surface area contributed by atoms with Crippen LogP contribution in [0.4, 0.5) is 5.69 Å². The van der Waals surface area contributed by atoms with Crippen LogP contribution >= 0.6 is 0 Å². The van der Waals surface area contributed by atoms with Gasteiger partial charge in [-0.25, -0.2) is 0 Å². The molecule has 1 N–H and O–H groups in total. The van der Waals surface area contributed by atoms with Gasteiger partial charge in [0.15, 0.2) is 0 Å². The van der Waals surface area contributed by atoms with E-state index in [0.29, 0.717) is 5.32 Å². The van der Waals surface area contributed by atoms with E-state index in [1.165, 1.54) is 38.2 Å². The summed E-state index contributed by atoms with van der Waals surface area (Å²) in [6.07, 6.45) is 8.74. The van der Waals surface area contributed by atoms with Crippen LogP contribution in [0.15, 0.2) is 24.3 Å². The molecule has 0 spiro atoms. The molecule has 132 valence electrons. The van der Waals surface area contributed by atoms with Gasteiger partial charge in [-0.05, 0) is 0 Å². The Morgan fingerprint density at radius 2 is 1.83 bits per heavy atom. The third kappa shape index (κ3) is 9.08. The van der Waals surface area contributed by atoms with Gasteiger partial charge in [0, 0.05) is 0 Å². The van der Waals surface area contributed by atoms with Crippen molar-refractivity contribution in [3.63, 3.8) is 0 Å². The van der Waals surface area contributed by atoms with Crippen LogP contribution in [0.1, 0.15) is 58.3 Å². The van der Waals surface area contributed by atoms with Gasteiger partial charge >= 0.3 is 144 Å². The third-order valence-corrected chi connectivity index (χ3v) is 5.69. The molecule has 1 aromatic carbocycles. The monoisotopic (exact) mass is 397 g/mol. The molecule has 1 rings (SSSR count). The van der Waals surface area contributed by atoms with Crippen molar-refractivity contribution in [1.82, 2.24) is 0 Å². The Bertz CT molecular complexity index is 551. The fourth-order valence-corrected chi connectivity index (χ4v) is 4.00. The van der Waals surface area contributed by atoms with Gasteiger partial charge in [-0.1, -0.05) is 6.92 Å². The Morgan fingerprint density at radius 3 is 2.54 bits per heavy atom. The van der Waals surface area contributed by atoms with Gasteiger partial charge in [-0.2, -0.15) is 0 Å². The Hall–Kier alpha value is -1.34. The number of aliphatic hydroxyl groups is 1. The van der Waals surface area contributed by atoms with E-state index in [9.17, 15) is 15.2 Å². The van der Waals surface area contributed by atoms with Crippen LogP contribution in [0.5, 0.6) is 0 Å². The number of nitro groups is 1. The van der Waals surface area contributed by atoms with E-state index >= 15 is 0 Å². The second kappa shape index (κ2) is 13.0. The number of hydrogen-bond acceptors (Lipinski definition) is 3. The molecule has 1 atom stereocenters. The van der Waals surface area contributed by atoms with Crippen LogP contribution < -0.4 is 4.46 Å². The minimum absolute atomic E-state index is 0.0599. The van der Waals surface area contributed by atoms with Gasteiger partial charge in [-0.3, -0.25) is 0 Å². The summed E-state index contributed by atoms with van der Waals surface area (Å²) in [4.78, 5) is 10.6. The predicted octanol–water partition coefficient (Wildman–Crippen LogP) is 3.85. The van der Waals surface area contributed by atoms with Gasteiger partial charge in [0.2, 0.25) is 0 Å². The van der Waals surface area contributed by atoms with Crippen LogP contribution in [0, 0.1) is 22.0 Å². The summed E-state index contributed by atoms with van der Waals surface area (Å²) in [5.74, 6) is 5.84. The second-order valence-corrected chi connectivity index (χ2v) is 7.89. The van der Waals surface area contributed by atoms with Gasteiger partial charge in [-0.15, -0.1) is 0 Å².